The van der Waals surface area contributed by atoms with Crippen LogP contribution in [0.3, 0.4) is 0 Å². The highest BCUT2D eigenvalue weighted by Gasteiger charge is 2.02. The van der Waals surface area contributed by atoms with E-state index in [-0.39, 0.29) is 0 Å². The Labute approximate surface area is 117 Å². The van der Waals surface area contributed by atoms with Gasteiger partial charge in [-0.2, -0.15) is 0 Å². The zero-order valence-corrected chi connectivity index (χ0v) is 11.6. The minimum atomic E-state index is 0.642. The van der Waals surface area contributed by atoms with Gasteiger partial charge in [-0.05, 0) is 38.1 Å². The van der Waals surface area contributed by atoms with Gasteiger partial charge in [0.2, 0.25) is 0 Å². The maximum atomic E-state index is 4.59. The van der Waals surface area contributed by atoms with Crippen LogP contribution in [0.4, 0.5) is 5.69 Å². The summed E-state index contributed by atoms with van der Waals surface area (Å²) in [5.74, 6) is 0. The summed E-state index contributed by atoms with van der Waals surface area (Å²) in [5, 5.41) is 3.36. The van der Waals surface area contributed by atoms with Crippen LogP contribution in [0.1, 0.15) is 17.1 Å². The van der Waals surface area contributed by atoms with E-state index in [2.05, 4.69) is 20.3 Å². The van der Waals surface area contributed by atoms with E-state index < -0.39 is 0 Å². The number of fused-ring (bicyclic) bond motifs is 1. The summed E-state index contributed by atoms with van der Waals surface area (Å²) in [4.78, 5) is 13.4. The number of pyridine rings is 1. The van der Waals surface area contributed by atoms with Crippen molar-refractivity contribution >= 4 is 16.7 Å². The van der Waals surface area contributed by atoms with E-state index >= 15 is 0 Å². The minimum absolute atomic E-state index is 0.642. The van der Waals surface area contributed by atoms with Gasteiger partial charge in [0.15, 0.2) is 0 Å². The molecule has 4 heteroatoms. The SMILES string of the molecule is Cc1ccc(NCc2cnc3ccccc3n2)c(C)n1. The quantitative estimate of drug-likeness (QED) is 0.789. The van der Waals surface area contributed by atoms with E-state index in [0.29, 0.717) is 6.54 Å². The highest BCUT2D eigenvalue weighted by atomic mass is 14.9. The van der Waals surface area contributed by atoms with Gasteiger partial charge in [0.25, 0.3) is 0 Å². The average molecular weight is 264 g/mol. The maximum absolute atomic E-state index is 4.59. The lowest BCUT2D eigenvalue weighted by Gasteiger charge is -2.09. The summed E-state index contributed by atoms with van der Waals surface area (Å²) >= 11 is 0. The van der Waals surface area contributed by atoms with Gasteiger partial charge in [0.05, 0.1) is 40.9 Å². The highest BCUT2D eigenvalue weighted by molar-refractivity contribution is 5.73. The van der Waals surface area contributed by atoms with Gasteiger partial charge >= 0.3 is 0 Å². The molecule has 0 aliphatic carbocycles. The van der Waals surface area contributed by atoms with Crippen LogP contribution in [-0.4, -0.2) is 15.0 Å². The predicted molar refractivity (Wildman–Crippen MR) is 80.6 cm³/mol. The fraction of sp³-hybridized carbons (Fsp3) is 0.188. The van der Waals surface area contributed by atoms with E-state index in [0.717, 1.165) is 33.8 Å². The molecule has 2 heterocycles. The van der Waals surface area contributed by atoms with Crippen molar-refractivity contribution in [3.05, 3.63) is 59.7 Å². The van der Waals surface area contributed by atoms with E-state index in [1.165, 1.54) is 0 Å². The molecule has 0 radical (unpaired) electrons. The Balaban J connectivity index is 1.79. The molecule has 3 rings (SSSR count). The number of hydrogen-bond donors (Lipinski definition) is 1. The lowest BCUT2D eigenvalue weighted by atomic mass is 10.2. The second kappa shape index (κ2) is 5.25. The van der Waals surface area contributed by atoms with Gasteiger partial charge in [-0.15, -0.1) is 0 Å². The van der Waals surface area contributed by atoms with Crippen molar-refractivity contribution in [3.8, 4) is 0 Å². The Morgan fingerprint density at radius 3 is 2.55 bits per heavy atom. The van der Waals surface area contributed by atoms with Crippen molar-refractivity contribution in [2.45, 2.75) is 20.4 Å². The van der Waals surface area contributed by atoms with Crippen LogP contribution >= 0.6 is 0 Å². The van der Waals surface area contributed by atoms with Crippen LogP contribution in [0.5, 0.6) is 0 Å². The van der Waals surface area contributed by atoms with Crippen LogP contribution in [0.15, 0.2) is 42.6 Å². The summed E-state index contributed by atoms with van der Waals surface area (Å²) in [7, 11) is 0. The van der Waals surface area contributed by atoms with Gasteiger partial charge in [-0.1, -0.05) is 12.1 Å². The van der Waals surface area contributed by atoms with Crippen molar-refractivity contribution in [1.29, 1.82) is 0 Å². The minimum Gasteiger partial charge on any atom is -0.378 e. The second-order valence-electron chi connectivity index (χ2n) is 4.79. The molecule has 0 aliphatic rings. The number of para-hydroxylation sites is 2. The maximum Gasteiger partial charge on any atom is 0.0890 e. The van der Waals surface area contributed by atoms with Gasteiger partial charge in [0.1, 0.15) is 0 Å². The molecule has 0 fully saturated rings. The molecule has 0 atom stereocenters. The number of hydrogen-bond acceptors (Lipinski definition) is 4. The third-order valence-electron chi connectivity index (χ3n) is 3.18. The Hall–Kier alpha value is -2.49. The number of benzene rings is 1. The molecule has 100 valence electrons. The smallest absolute Gasteiger partial charge is 0.0890 e. The predicted octanol–water partition coefficient (Wildman–Crippen LogP) is 3.25. The Bertz CT molecular complexity index is 752. The number of nitrogens with zero attached hydrogens (tertiary/aromatic N) is 3. The van der Waals surface area contributed by atoms with Gasteiger partial charge in [-0.3, -0.25) is 9.97 Å². The summed E-state index contributed by atoms with van der Waals surface area (Å²) in [6, 6.07) is 11.9. The second-order valence-corrected chi connectivity index (χ2v) is 4.79. The molecule has 0 saturated carbocycles. The first-order chi connectivity index (χ1) is 9.72. The first-order valence-electron chi connectivity index (χ1n) is 6.61. The van der Waals surface area contributed by atoms with Crippen molar-refractivity contribution in [2.24, 2.45) is 0 Å². The van der Waals surface area contributed by atoms with Crippen LogP contribution in [0.25, 0.3) is 11.0 Å². The molecule has 0 aliphatic heterocycles. The molecule has 0 bridgehead atoms. The first kappa shape index (κ1) is 12.5. The van der Waals surface area contributed by atoms with Gasteiger partial charge in [-0.25, -0.2) is 4.98 Å². The molecule has 1 aromatic carbocycles. The molecule has 2 aromatic heterocycles. The monoisotopic (exact) mass is 264 g/mol. The van der Waals surface area contributed by atoms with E-state index in [1.807, 2.05) is 56.4 Å². The lowest BCUT2D eigenvalue weighted by Crippen LogP contribution is -2.05. The lowest BCUT2D eigenvalue weighted by molar-refractivity contribution is 1.02. The van der Waals surface area contributed by atoms with E-state index in [1.54, 1.807) is 0 Å². The zero-order chi connectivity index (χ0) is 13.9. The standard InChI is InChI=1S/C16H16N4/c1-11-7-8-14(12(2)19-11)17-9-13-10-18-15-5-3-4-6-16(15)20-13/h3-8,10,17H,9H2,1-2H3. The van der Waals surface area contributed by atoms with E-state index in [4.69, 9.17) is 0 Å². The number of aromatic nitrogens is 3. The molecule has 1 N–H and O–H groups in total. The summed E-state index contributed by atoms with van der Waals surface area (Å²) in [6.07, 6.45) is 1.81. The van der Waals surface area contributed by atoms with Crippen molar-refractivity contribution < 1.29 is 0 Å². The molecule has 0 spiro atoms. The molecule has 4 nitrogen and oxygen atoms in total. The van der Waals surface area contributed by atoms with Crippen molar-refractivity contribution in [2.75, 3.05) is 5.32 Å². The van der Waals surface area contributed by atoms with Crippen LogP contribution in [0.2, 0.25) is 0 Å². The topological polar surface area (TPSA) is 50.7 Å². The Kier molecular flexibility index (Phi) is 3.29. The van der Waals surface area contributed by atoms with Crippen molar-refractivity contribution in [1.82, 2.24) is 15.0 Å². The van der Waals surface area contributed by atoms with Crippen molar-refractivity contribution in [3.63, 3.8) is 0 Å². The third kappa shape index (κ3) is 2.59. The molecule has 0 amide bonds. The third-order valence-corrected chi connectivity index (χ3v) is 3.18. The van der Waals surface area contributed by atoms with Crippen LogP contribution < -0.4 is 5.32 Å². The molecular formula is C16H16N4. The fourth-order valence-corrected chi connectivity index (χ4v) is 2.14. The zero-order valence-electron chi connectivity index (χ0n) is 11.6. The highest BCUT2D eigenvalue weighted by Crippen LogP contribution is 2.14. The first-order valence-corrected chi connectivity index (χ1v) is 6.61. The molecule has 0 unspecified atom stereocenters. The van der Waals surface area contributed by atoms with Gasteiger partial charge < -0.3 is 5.32 Å². The Morgan fingerprint density at radius 2 is 1.75 bits per heavy atom. The van der Waals surface area contributed by atoms with Gasteiger partial charge in [0, 0.05) is 5.69 Å². The normalized spacial score (nSPS) is 10.7. The summed E-state index contributed by atoms with van der Waals surface area (Å²) < 4.78 is 0. The molecule has 0 saturated heterocycles. The van der Waals surface area contributed by atoms with Crippen LogP contribution in [0, 0.1) is 13.8 Å². The summed E-state index contributed by atoms with van der Waals surface area (Å²) in [6.45, 7) is 4.64. The fourth-order valence-electron chi connectivity index (χ4n) is 2.14. The number of aryl methyl sites for hydroxylation is 2. The molecular weight excluding hydrogens is 248 g/mol. The number of anilines is 1. The number of rotatable bonds is 3. The van der Waals surface area contributed by atoms with Crippen LogP contribution in [-0.2, 0) is 6.54 Å². The molecule has 20 heavy (non-hydrogen) atoms. The largest absolute Gasteiger partial charge is 0.378 e. The Morgan fingerprint density at radius 1 is 0.950 bits per heavy atom. The summed E-state index contributed by atoms with van der Waals surface area (Å²) in [5.41, 5.74) is 5.82. The average Bonchev–Trinajstić information content (AvgIpc) is 2.46. The van der Waals surface area contributed by atoms with E-state index in [9.17, 15) is 0 Å². The molecule has 3 aromatic rings. The number of nitrogens with one attached hydrogen (secondary N) is 1.